The molecule has 8 heteroatoms. The Kier molecular flexibility index (Phi) is 6.73. The lowest BCUT2D eigenvalue weighted by Gasteiger charge is -2.15. The Labute approximate surface area is 188 Å². The Morgan fingerprint density at radius 1 is 1.03 bits per heavy atom. The Morgan fingerprint density at radius 3 is 2.39 bits per heavy atom. The maximum Gasteiger partial charge on any atom is 0.242 e. The molecule has 0 saturated heterocycles. The standard InChI is InChI=1S/C23H27N3O3S2/c1-14-7-9-20(16(3)11-14)25-23(27)17(4)30-22-12-15(2)19-13-18(8-10-21(19)24-22)31(28,29)26(5)6/h7-13,17H,1-6H3,(H,25,27). The van der Waals surface area contributed by atoms with Gasteiger partial charge in [0, 0.05) is 25.2 Å². The first-order valence-corrected chi connectivity index (χ1v) is 12.2. The Balaban J connectivity index is 1.82. The summed E-state index contributed by atoms with van der Waals surface area (Å²) >= 11 is 1.37. The lowest BCUT2D eigenvalue weighted by atomic mass is 10.1. The summed E-state index contributed by atoms with van der Waals surface area (Å²) in [6.07, 6.45) is 0. The largest absolute Gasteiger partial charge is 0.325 e. The second kappa shape index (κ2) is 8.98. The summed E-state index contributed by atoms with van der Waals surface area (Å²) in [6, 6.07) is 12.7. The van der Waals surface area contributed by atoms with Gasteiger partial charge < -0.3 is 5.32 Å². The fourth-order valence-corrected chi connectivity index (χ4v) is 5.05. The number of pyridine rings is 1. The molecule has 0 fully saturated rings. The first-order valence-electron chi connectivity index (χ1n) is 9.88. The van der Waals surface area contributed by atoms with Crippen LogP contribution in [0.1, 0.15) is 23.6 Å². The number of carbonyl (C=O) groups is 1. The van der Waals surface area contributed by atoms with Gasteiger partial charge in [-0.2, -0.15) is 0 Å². The molecule has 1 atom stereocenters. The topological polar surface area (TPSA) is 79.4 Å². The highest BCUT2D eigenvalue weighted by molar-refractivity contribution is 8.00. The molecule has 0 saturated carbocycles. The van der Waals surface area contributed by atoms with E-state index in [1.165, 1.54) is 30.2 Å². The number of nitrogens with one attached hydrogen (secondary N) is 1. The molecule has 1 amide bonds. The molecule has 0 aliphatic rings. The number of nitrogens with zero attached hydrogens (tertiary/aromatic N) is 2. The van der Waals surface area contributed by atoms with Gasteiger partial charge in [-0.1, -0.05) is 29.5 Å². The maximum atomic E-state index is 12.7. The van der Waals surface area contributed by atoms with Crippen molar-refractivity contribution in [1.82, 2.24) is 9.29 Å². The summed E-state index contributed by atoms with van der Waals surface area (Å²) in [6.45, 7) is 7.75. The van der Waals surface area contributed by atoms with Crippen LogP contribution in [0.5, 0.6) is 0 Å². The van der Waals surface area contributed by atoms with Crippen LogP contribution in [0.3, 0.4) is 0 Å². The van der Waals surface area contributed by atoms with E-state index < -0.39 is 10.0 Å². The normalized spacial score (nSPS) is 12.9. The molecule has 6 nitrogen and oxygen atoms in total. The molecule has 0 spiro atoms. The van der Waals surface area contributed by atoms with Crippen LogP contribution in [-0.2, 0) is 14.8 Å². The number of thioether (sulfide) groups is 1. The average molecular weight is 458 g/mol. The third kappa shape index (κ3) is 5.08. The fourth-order valence-electron chi connectivity index (χ4n) is 3.20. The van der Waals surface area contributed by atoms with Crippen LogP contribution < -0.4 is 5.32 Å². The van der Waals surface area contributed by atoms with E-state index in [0.29, 0.717) is 5.52 Å². The molecule has 31 heavy (non-hydrogen) atoms. The summed E-state index contributed by atoms with van der Waals surface area (Å²) in [5.41, 5.74) is 4.58. The number of hydrogen-bond donors (Lipinski definition) is 1. The summed E-state index contributed by atoms with van der Waals surface area (Å²) in [5.74, 6) is -0.0936. The molecule has 1 N–H and O–H groups in total. The van der Waals surface area contributed by atoms with E-state index in [4.69, 9.17) is 0 Å². The number of hydrogen-bond acceptors (Lipinski definition) is 5. The van der Waals surface area contributed by atoms with E-state index in [1.807, 2.05) is 52.0 Å². The van der Waals surface area contributed by atoms with E-state index in [1.54, 1.807) is 18.2 Å². The maximum absolute atomic E-state index is 12.7. The van der Waals surface area contributed by atoms with Gasteiger partial charge in [-0.15, -0.1) is 0 Å². The van der Waals surface area contributed by atoms with Gasteiger partial charge in [-0.25, -0.2) is 17.7 Å². The smallest absolute Gasteiger partial charge is 0.242 e. The summed E-state index contributed by atoms with van der Waals surface area (Å²) in [7, 11) is -0.496. The second-order valence-corrected chi connectivity index (χ2v) is 11.3. The van der Waals surface area contributed by atoms with Crippen molar-refractivity contribution in [2.45, 2.75) is 42.9 Å². The van der Waals surface area contributed by atoms with Gasteiger partial charge in [0.1, 0.15) is 0 Å². The van der Waals surface area contributed by atoms with Gasteiger partial charge >= 0.3 is 0 Å². The third-order valence-corrected chi connectivity index (χ3v) is 7.88. The number of aromatic nitrogens is 1. The van der Waals surface area contributed by atoms with Crippen LogP contribution in [0.15, 0.2) is 52.4 Å². The van der Waals surface area contributed by atoms with Crippen LogP contribution in [-0.4, -0.2) is 43.0 Å². The lowest BCUT2D eigenvalue weighted by Crippen LogP contribution is -2.23. The van der Waals surface area contributed by atoms with Gasteiger partial charge in [0.05, 0.1) is 20.7 Å². The third-order valence-electron chi connectivity index (χ3n) is 5.05. The number of anilines is 1. The molecule has 1 unspecified atom stereocenters. The van der Waals surface area contributed by atoms with Crippen LogP contribution >= 0.6 is 11.8 Å². The zero-order valence-electron chi connectivity index (χ0n) is 18.6. The molecule has 164 valence electrons. The second-order valence-electron chi connectivity index (χ2n) is 7.81. The van der Waals surface area contributed by atoms with Crippen molar-refractivity contribution < 1.29 is 13.2 Å². The fraction of sp³-hybridized carbons (Fsp3) is 0.304. The van der Waals surface area contributed by atoms with Crippen LogP contribution in [0.4, 0.5) is 5.69 Å². The number of benzene rings is 2. The van der Waals surface area contributed by atoms with Crippen LogP contribution in [0.2, 0.25) is 0 Å². The lowest BCUT2D eigenvalue weighted by molar-refractivity contribution is -0.115. The molecule has 0 aliphatic carbocycles. The number of sulfonamides is 1. The molecule has 0 aliphatic heterocycles. The predicted molar refractivity (Wildman–Crippen MR) is 127 cm³/mol. The van der Waals surface area contributed by atoms with Gasteiger partial charge in [0.25, 0.3) is 0 Å². The van der Waals surface area contributed by atoms with Crippen LogP contribution in [0.25, 0.3) is 10.9 Å². The van der Waals surface area contributed by atoms with Crippen molar-refractivity contribution in [1.29, 1.82) is 0 Å². The number of aryl methyl sites for hydroxylation is 3. The van der Waals surface area contributed by atoms with E-state index in [-0.39, 0.29) is 16.1 Å². The number of amides is 1. The van der Waals surface area contributed by atoms with Gasteiger partial charge in [-0.3, -0.25) is 4.79 Å². The number of fused-ring (bicyclic) bond motifs is 1. The highest BCUT2D eigenvalue weighted by atomic mass is 32.2. The van der Waals surface area contributed by atoms with Crippen molar-refractivity contribution in [2.75, 3.05) is 19.4 Å². The van der Waals surface area contributed by atoms with Crippen molar-refractivity contribution in [3.8, 4) is 0 Å². The summed E-state index contributed by atoms with van der Waals surface area (Å²) in [5, 5.41) is 4.13. The molecule has 2 aromatic carbocycles. The van der Waals surface area contributed by atoms with Crippen molar-refractivity contribution in [2.24, 2.45) is 0 Å². The van der Waals surface area contributed by atoms with E-state index in [9.17, 15) is 13.2 Å². The quantitative estimate of drug-likeness (QED) is 0.550. The first kappa shape index (κ1) is 23.2. The van der Waals surface area contributed by atoms with Crippen molar-refractivity contribution in [3.63, 3.8) is 0 Å². The van der Waals surface area contributed by atoms with E-state index >= 15 is 0 Å². The molecule has 1 heterocycles. The predicted octanol–water partition coefficient (Wildman–Crippen LogP) is 4.53. The minimum absolute atomic E-state index is 0.0936. The van der Waals surface area contributed by atoms with E-state index in [0.717, 1.165) is 32.8 Å². The van der Waals surface area contributed by atoms with Crippen molar-refractivity contribution in [3.05, 3.63) is 59.2 Å². The highest BCUT2D eigenvalue weighted by Gasteiger charge is 2.20. The van der Waals surface area contributed by atoms with E-state index in [2.05, 4.69) is 10.3 Å². The van der Waals surface area contributed by atoms with Crippen molar-refractivity contribution >= 4 is 44.3 Å². The SMILES string of the molecule is Cc1ccc(NC(=O)C(C)Sc2cc(C)c3cc(S(=O)(=O)N(C)C)ccc3n2)c(C)c1. The molecular formula is C23H27N3O3S2. The minimum Gasteiger partial charge on any atom is -0.325 e. The molecular weight excluding hydrogens is 430 g/mol. The summed E-state index contributed by atoms with van der Waals surface area (Å²) in [4.78, 5) is 17.6. The Hall–Kier alpha value is -2.42. The van der Waals surface area contributed by atoms with Gasteiger partial charge in [-0.05, 0) is 69.2 Å². The molecule has 0 bridgehead atoms. The molecule has 3 rings (SSSR count). The average Bonchev–Trinajstić information content (AvgIpc) is 2.69. The molecule has 0 radical (unpaired) electrons. The minimum atomic E-state index is -3.51. The molecule has 3 aromatic rings. The first-order chi connectivity index (χ1) is 14.5. The monoisotopic (exact) mass is 457 g/mol. The van der Waals surface area contributed by atoms with Crippen LogP contribution in [0, 0.1) is 20.8 Å². The zero-order valence-corrected chi connectivity index (χ0v) is 20.2. The van der Waals surface area contributed by atoms with Gasteiger partial charge in [0.2, 0.25) is 15.9 Å². The number of rotatable bonds is 6. The number of carbonyl (C=O) groups excluding carboxylic acids is 1. The molecule has 1 aromatic heterocycles. The Morgan fingerprint density at radius 2 is 1.74 bits per heavy atom. The highest BCUT2D eigenvalue weighted by Crippen LogP contribution is 2.29. The zero-order chi connectivity index (χ0) is 22.9. The summed E-state index contributed by atoms with van der Waals surface area (Å²) < 4.78 is 26.0. The van der Waals surface area contributed by atoms with Gasteiger partial charge in [0.15, 0.2) is 0 Å². The Bertz CT molecular complexity index is 1250.